The van der Waals surface area contributed by atoms with Crippen LogP contribution in [-0.2, 0) is 32.6 Å². The number of benzene rings is 1. The van der Waals surface area contributed by atoms with Crippen molar-refractivity contribution in [2.24, 2.45) is 11.8 Å². The number of methoxy groups -OCH3 is 1. The van der Waals surface area contributed by atoms with E-state index in [-0.39, 0.29) is 29.2 Å². The van der Waals surface area contributed by atoms with Gasteiger partial charge in [0.1, 0.15) is 11.9 Å². The molecule has 160 valence electrons. The van der Waals surface area contributed by atoms with Gasteiger partial charge in [-0.15, -0.1) is 0 Å². The fraction of sp³-hybridized carbons (Fsp3) is 0.440. The molecule has 6 heteroatoms. The molecule has 0 amide bonds. The molecule has 0 aliphatic heterocycles. The van der Waals surface area contributed by atoms with Gasteiger partial charge in [0.2, 0.25) is 0 Å². The van der Waals surface area contributed by atoms with E-state index in [9.17, 15) is 14.9 Å². The normalized spacial score (nSPS) is 24.6. The number of imidazole rings is 1. The van der Waals surface area contributed by atoms with Gasteiger partial charge in [-0.1, -0.05) is 32.1 Å². The molecule has 1 aromatic carbocycles. The number of fused-ring (bicyclic) bond motifs is 3. The van der Waals surface area contributed by atoms with Gasteiger partial charge in [0.25, 0.3) is 0 Å². The lowest BCUT2D eigenvalue weighted by Gasteiger charge is -2.44. The lowest BCUT2D eigenvalue weighted by atomic mass is 9.58. The maximum Gasteiger partial charge on any atom is 0.305 e. The van der Waals surface area contributed by atoms with Crippen molar-refractivity contribution in [3.63, 3.8) is 0 Å². The van der Waals surface area contributed by atoms with E-state index in [1.165, 1.54) is 7.11 Å². The molecule has 2 aliphatic carbocycles. The molecule has 0 fully saturated rings. The van der Waals surface area contributed by atoms with Crippen LogP contribution in [0.4, 0.5) is 0 Å². The first-order valence-electron chi connectivity index (χ1n) is 10.7. The lowest BCUT2D eigenvalue weighted by molar-refractivity contribution is -0.140. The molecule has 0 N–H and O–H groups in total. The van der Waals surface area contributed by atoms with Gasteiger partial charge in [-0.25, -0.2) is 4.98 Å². The van der Waals surface area contributed by atoms with Gasteiger partial charge in [0, 0.05) is 29.1 Å². The van der Waals surface area contributed by atoms with E-state index in [1.54, 1.807) is 0 Å². The third kappa shape index (κ3) is 3.38. The zero-order chi connectivity index (χ0) is 22.3. The van der Waals surface area contributed by atoms with Crippen LogP contribution in [0.1, 0.15) is 49.5 Å². The number of ketones is 1. The predicted molar refractivity (Wildman–Crippen MR) is 116 cm³/mol. The molecule has 0 spiro atoms. The quantitative estimate of drug-likeness (QED) is 0.707. The van der Waals surface area contributed by atoms with Gasteiger partial charge < -0.3 is 9.30 Å². The van der Waals surface area contributed by atoms with Crippen LogP contribution >= 0.6 is 0 Å². The molecule has 0 saturated heterocycles. The van der Waals surface area contributed by atoms with Crippen molar-refractivity contribution in [1.29, 1.82) is 5.26 Å². The average molecular weight is 418 g/mol. The summed E-state index contributed by atoms with van der Waals surface area (Å²) in [7, 11) is 1.40. The van der Waals surface area contributed by atoms with Gasteiger partial charge in [-0.05, 0) is 49.8 Å². The minimum absolute atomic E-state index is 0.0529. The summed E-state index contributed by atoms with van der Waals surface area (Å²) < 4.78 is 6.94. The molecule has 3 atom stereocenters. The van der Waals surface area contributed by atoms with Gasteiger partial charge in [0.05, 0.1) is 18.4 Å². The van der Waals surface area contributed by atoms with Crippen molar-refractivity contribution in [3.8, 4) is 11.8 Å². The van der Waals surface area contributed by atoms with Crippen LogP contribution in [0.5, 0.6) is 0 Å². The molecule has 0 radical (unpaired) electrons. The Morgan fingerprint density at radius 1 is 1.42 bits per heavy atom. The first kappa shape index (κ1) is 21.0. The van der Waals surface area contributed by atoms with Crippen LogP contribution in [0.3, 0.4) is 0 Å². The first-order valence-corrected chi connectivity index (χ1v) is 10.7. The number of hydrogen-bond acceptors (Lipinski definition) is 5. The zero-order valence-corrected chi connectivity index (χ0v) is 18.4. The number of allylic oxidation sites excluding steroid dienone is 2. The number of nitriles is 1. The number of carbonyl (C=O) groups excluding carboxylic acids is 2. The van der Waals surface area contributed by atoms with Crippen LogP contribution in [0.25, 0.3) is 5.69 Å². The monoisotopic (exact) mass is 417 g/mol. The Morgan fingerprint density at radius 3 is 2.90 bits per heavy atom. The first-order chi connectivity index (χ1) is 14.8. The van der Waals surface area contributed by atoms with E-state index in [0.717, 1.165) is 41.3 Å². The number of aromatic nitrogens is 2. The predicted octanol–water partition coefficient (Wildman–Crippen LogP) is 3.78. The standard InChI is InChI=1S/C25H27N3O3/c1-15-20-9-10-21-24(25(20,3)13-18(14-26)23(15)30)27-16(2)28(21)19-7-5-6-17(12-19)8-11-22(29)31-4/h5-7,12-13,15,20H,8-11H2,1-4H3/t15-,20-,25-/m0/s1. The summed E-state index contributed by atoms with van der Waals surface area (Å²) in [6, 6.07) is 10.3. The lowest BCUT2D eigenvalue weighted by Crippen LogP contribution is -2.45. The summed E-state index contributed by atoms with van der Waals surface area (Å²) in [5, 5.41) is 9.51. The Morgan fingerprint density at radius 2 is 2.19 bits per heavy atom. The smallest absolute Gasteiger partial charge is 0.305 e. The second-order valence-electron chi connectivity index (χ2n) is 8.79. The molecule has 2 aromatic rings. The Balaban J connectivity index is 1.77. The maximum absolute atomic E-state index is 12.6. The highest BCUT2D eigenvalue weighted by Crippen LogP contribution is 2.49. The minimum Gasteiger partial charge on any atom is -0.469 e. The SMILES string of the molecule is COC(=O)CCc1cccc(-n2c(C)nc3c2CC[C@H]2[C@H](C)C(=O)C(C#N)=C[C@]32C)c1. The largest absolute Gasteiger partial charge is 0.469 e. The van der Waals surface area contributed by atoms with Crippen LogP contribution < -0.4 is 0 Å². The Hall–Kier alpha value is -3.20. The zero-order valence-electron chi connectivity index (χ0n) is 18.4. The van der Waals surface area contributed by atoms with E-state index < -0.39 is 5.41 Å². The summed E-state index contributed by atoms with van der Waals surface area (Å²) >= 11 is 0. The second kappa shape index (κ2) is 7.81. The van der Waals surface area contributed by atoms with Crippen LogP contribution in [-0.4, -0.2) is 28.4 Å². The summed E-state index contributed by atoms with van der Waals surface area (Å²) in [6.45, 7) is 6.04. The van der Waals surface area contributed by atoms with Crippen LogP contribution in [0.2, 0.25) is 0 Å². The minimum atomic E-state index is -0.440. The number of carbonyl (C=O) groups is 2. The Bertz CT molecular complexity index is 1140. The summed E-state index contributed by atoms with van der Waals surface area (Å²) in [5.74, 6) is 0.557. The highest BCUT2D eigenvalue weighted by molar-refractivity contribution is 6.02. The van der Waals surface area contributed by atoms with E-state index in [2.05, 4.69) is 29.7 Å². The van der Waals surface area contributed by atoms with E-state index in [4.69, 9.17) is 9.72 Å². The van der Waals surface area contributed by atoms with Crippen molar-refractivity contribution in [2.75, 3.05) is 7.11 Å². The Labute approximate surface area is 182 Å². The Kier molecular flexibility index (Phi) is 5.30. The fourth-order valence-electron chi connectivity index (χ4n) is 5.38. The van der Waals surface area contributed by atoms with Gasteiger partial charge >= 0.3 is 5.97 Å². The fourth-order valence-corrected chi connectivity index (χ4v) is 5.38. The number of hydrogen-bond donors (Lipinski definition) is 0. The summed E-state index contributed by atoms with van der Waals surface area (Å²) in [5.41, 5.74) is 3.99. The number of nitrogens with zero attached hydrogens (tertiary/aromatic N) is 3. The van der Waals surface area contributed by atoms with Crippen LogP contribution in [0.15, 0.2) is 35.9 Å². The summed E-state index contributed by atoms with van der Waals surface area (Å²) in [6.07, 6.45) is 4.51. The van der Waals surface area contributed by atoms with Crippen molar-refractivity contribution < 1.29 is 14.3 Å². The number of esters is 1. The number of ether oxygens (including phenoxy) is 1. The molecular weight excluding hydrogens is 390 g/mol. The highest BCUT2D eigenvalue weighted by Gasteiger charge is 2.50. The van der Waals surface area contributed by atoms with Crippen molar-refractivity contribution in [2.45, 2.75) is 51.9 Å². The van der Waals surface area contributed by atoms with Crippen molar-refractivity contribution in [1.82, 2.24) is 9.55 Å². The molecule has 31 heavy (non-hydrogen) atoms. The molecule has 1 aromatic heterocycles. The third-order valence-electron chi connectivity index (χ3n) is 6.97. The third-order valence-corrected chi connectivity index (χ3v) is 6.97. The van der Waals surface area contributed by atoms with Crippen LogP contribution in [0, 0.1) is 30.1 Å². The van der Waals surface area contributed by atoms with Crippen molar-refractivity contribution >= 4 is 11.8 Å². The molecule has 2 aliphatic rings. The molecule has 0 bridgehead atoms. The molecule has 4 rings (SSSR count). The number of rotatable bonds is 4. The van der Waals surface area contributed by atoms with E-state index in [0.29, 0.717) is 12.8 Å². The topological polar surface area (TPSA) is 85.0 Å². The van der Waals surface area contributed by atoms with E-state index in [1.807, 2.05) is 32.1 Å². The highest BCUT2D eigenvalue weighted by atomic mass is 16.5. The van der Waals surface area contributed by atoms with Gasteiger partial charge in [0.15, 0.2) is 5.78 Å². The number of aryl methyl sites for hydroxylation is 2. The average Bonchev–Trinajstić information content (AvgIpc) is 3.12. The molecule has 6 nitrogen and oxygen atoms in total. The maximum atomic E-state index is 12.6. The summed E-state index contributed by atoms with van der Waals surface area (Å²) in [4.78, 5) is 29.1. The molecule has 0 unspecified atom stereocenters. The molecular formula is C25H27N3O3. The second-order valence-corrected chi connectivity index (χ2v) is 8.79. The van der Waals surface area contributed by atoms with Gasteiger partial charge in [-0.2, -0.15) is 5.26 Å². The van der Waals surface area contributed by atoms with Gasteiger partial charge in [-0.3, -0.25) is 9.59 Å². The van der Waals surface area contributed by atoms with Crippen molar-refractivity contribution in [3.05, 3.63) is 58.7 Å². The number of Topliss-reactive ketones (excluding diaryl/α,β-unsaturated/α-hetero) is 1. The van der Waals surface area contributed by atoms with E-state index >= 15 is 0 Å². The molecule has 1 heterocycles. The molecule has 0 saturated carbocycles.